The summed E-state index contributed by atoms with van der Waals surface area (Å²) < 4.78 is 1.93. The number of nitrogen functional groups attached to an aromatic ring is 1. The molecular formula is C11H19N3S. The highest BCUT2D eigenvalue weighted by Gasteiger charge is 2.14. The Hall–Kier alpha value is -0.640. The average Bonchev–Trinajstić information content (AvgIpc) is 2.84. The van der Waals surface area contributed by atoms with Gasteiger partial charge in [-0.2, -0.15) is 16.9 Å². The van der Waals surface area contributed by atoms with Crippen LogP contribution in [-0.2, 0) is 6.54 Å². The van der Waals surface area contributed by atoms with Gasteiger partial charge in [0.05, 0.1) is 6.54 Å². The summed E-state index contributed by atoms with van der Waals surface area (Å²) in [6.07, 6.45) is 7.73. The highest BCUT2D eigenvalue weighted by molar-refractivity contribution is 7.99. The molecule has 1 saturated carbocycles. The molecule has 2 rings (SSSR count). The molecule has 0 saturated heterocycles. The van der Waals surface area contributed by atoms with Gasteiger partial charge in [-0.15, -0.1) is 0 Å². The Morgan fingerprint density at radius 1 is 1.47 bits per heavy atom. The van der Waals surface area contributed by atoms with E-state index in [1.165, 1.54) is 31.4 Å². The molecule has 1 aromatic heterocycles. The molecule has 84 valence electrons. The highest BCUT2D eigenvalue weighted by atomic mass is 32.2. The van der Waals surface area contributed by atoms with Gasteiger partial charge in [-0.3, -0.25) is 4.68 Å². The van der Waals surface area contributed by atoms with Crippen LogP contribution in [0.3, 0.4) is 0 Å². The van der Waals surface area contributed by atoms with E-state index in [-0.39, 0.29) is 0 Å². The molecule has 1 heterocycles. The summed E-state index contributed by atoms with van der Waals surface area (Å²) in [5.74, 6) is 4.09. The lowest BCUT2D eigenvalue weighted by Gasteiger charge is -2.07. The van der Waals surface area contributed by atoms with Crippen LogP contribution in [0.4, 0.5) is 5.82 Å². The van der Waals surface area contributed by atoms with Gasteiger partial charge >= 0.3 is 0 Å². The molecule has 0 aliphatic heterocycles. The van der Waals surface area contributed by atoms with Crippen LogP contribution in [0, 0.1) is 5.92 Å². The zero-order valence-corrected chi connectivity index (χ0v) is 9.88. The molecule has 0 amide bonds. The van der Waals surface area contributed by atoms with Crippen LogP contribution in [0.15, 0.2) is 12.3 Å². The van der Waals surface area contributed by atoms with Gasteiger partial charge in [0.1, 0.15) is 5.82 Å². The molecule has 0 spiro atoms. The first kappa shape index (κ1) is 10.9. The normalized spacial score (nSPS) is 17.3. The number of hydrogen-bond acceptors (Lipinski definition) is 3. The lowest BCUT2D eigenvalue weighted by Crippen LogP contribution is -2.04. The fourth-order valence-corrected chi connectivity index (χ4v) is 3.24. The third kappa shape index (κ3) is 3.45. The van der Waals surface area contributed by atoms with E-state index in [1.54, 1.807) is 0 Å². The van der Waals surface area contributed by atoms with Crippen molar-refractivity contribution in [3.05, 3.63) is 12.3 Å². The van der Waals surface area contributed by atoms with Crippen LogP contribution < -0.4 is 5.73 Å². The van der Waals surface area contributed by atoms with Crippen LogP contribution in [-0.4, -0.2) is 21.3 Å². The molecule has 3 nitrogen and oxygen atoms in total. The number of aromatic nitrogens is 2. The molecular weight excluding hydrogens is 206 g/mol. The van der Waals surface area contributed by atoms with Crippen molar-refractivity contribution >= 4 is 17.6 Å². The number of rotatable bonds is 5. The zero-order valence-electron chi connectivity index (χ0n) is 9.06. The summed E-state index contributed by atoms with van der Waals surface area (Å²) in [6.45, 7) is 0.981. The van der Waals surface area contributed by atoms with Crippen molar-refractivity contribution in [2.75, 3.05) is 17.2 Å². The molecule has 4 heteroatoms. The number of anilines is 1. The Labute approximate surface area is 95.4 Å². The van der Waals surface area contributed by atoms with E-state index in [0.29, 0.717) is 5.82 Å². The molecule has 1 fully saturated rings. The minimum absolute atomic E-state index is 0.621. The maximum atomic E-state index is 5.54. The number of hydrogen-bond donors (Lipinski definition) is 1. The quantitative estimate of drug-likeness (QED) is 0.782. The smallest absolute Gasteiger partial charge is 0.145 e. The number of nitrogens with zero attached hydrogens (tertiary/aromatic N) is 2. The SMILES string of the molecule is Nc1ccn(CCSCC2CCCC2)n1. The Bertz CT molecular complexity index is 292. The van der Waals surface area contributed by atoms with Gasteiger partial charge in [0.2, 0.25) is 0 Å². The maximum Gasteiger partial charge on any atom is 0.145 e. The standard InChI is InChI=1S/C11H19N3S/c12-11-5-6-14(13-11)7-8-15-9-10-3-1-2-4-10/h5-6,10H,1-4,7-9H2,(H2,12,13). The lowest BCUT2D eigenvalue weighted by molar-refractivity contribution is 0.620. The van der Waals surface area contributed by atoms with Crippen molar-refractivity contribution in [1.29, 1.82) is 0 Å². The van der Waals surface area contributed by atoms with Crippen molar-refractivity contribution in [2.24, 2.45) is 5.92 Å². The van der Waals surface area contributed by atoms with Crippen LogP contribution in [0.1, 0.15) is 25.7 Å². The summed E-state index contributed by atoms with van der Waals surface area (Å²) in [4.78, 5) is 0. The first-order chi connectivity index (χ1) is 7.34. The fourth-order valence-electron chi connectivity index (χ4n) is 2.09. The van der Waals surface area contributed by atoms with Crippen LogP contribution in [0.2, 0.25) is 0 Å². The fraction of sp³-hybridized carbons (Fsp3) is 0.727. The van der Waals surface area contributed by atoms with Crippen molar-refractivity contribution in [3.8, 4) is 0 Å². The third-order valence-corrected chi connectivity index (χ3v) is 4.13. The molecule has 0 atom stereocenters. The Morgan fingerprint density at radius 2 is 2.27 bits per heavy atom. The molecule has 1 aliphatic rings. The van der Waals surface area contributed by atoms with Crippen molar-refractivity contribution in [2.45, 2.75) is 32.2 Å². The largest absolute Gasteiger partial charge is 0.382 e. The van der Waals surface area contributed by atoms with Gasteiger partial charge in [-0.25, -0.2) is 0 Å². The minimum atomic E-state index is 0.621. The van der Waals surface area contributed by atoms with Crippen molar-refractivity contribution < 1.29 is 0 Å². The summed E-state index contributed by atoms with van der Waals surface area (Å²) in [5, 5.41) is 4.16. The third-order valence-electron chi connectivity index (χ3n) is 2.95. The summed E-state index contributed by atoms with van der Waals surface area (Å²) in [6, 6.07) is 1.85. The molecule has 15 heavy (non-hydrogen) atoms. The van der Waals surface area contributed by atoms with Gasteiger partial charge in [0.15, 0.2) is 0 Å². The van der Waals surface area contributed by atoms with E-state index in [0.717, 1.165) is 18.2 Å². The Kier molecular flexibility index (Phi) is 3.94. The monoisotopic (exact) mass is 225 g/mol. The molecule has 1 aliphatic carbocycles. The van der Waals surface area contributed by atoms with Gasteiger partial charge in [-0.1, -0.05) is 12.8 Å². The molecule has 0 aromatic carbocycles. The number of thioether (sulfide) groups is 1. The predicted octanol–water partition coefficient (Wildman–Crippen LogP) is 2.39. The average molecular weight is 225 g/mol. The van der Waals surface area contributed by atoms with E-state index in [2.05, 4.69) is 16.9 Å². The van der Waals surface area contributed by atoms with Crippen LogP contribution >= 0.6 is 11.8 Å². The second-order valence-electron chi connectivity index (χ2n) is 4.23. The summed E-state index contributed by atoms with van der Waals surface area (Å²) in [5.41, 5.74) is 5.54. The Balaban J connectivity index is 1.58. The van der Waals surface area contributed by atoms with Crippen molar-refractivity contribution in [3.63, 3.8) is 0 Å². The molecule has 0 radical (unpaired) electrons. The van der Waals surface area contributed by atoms with Gasteiger partial charge < -0.3 is 5.73 Å². The second-order valence-corrected chi connectivity index (χ2v) is 5.38. The van der Waals surface area contributed by atoms with E-state index >= 15 is 0 Å². The number of aryl methyl sites for hydroxylation is 1. The second kappa shape index (κ2) is 5.45. The summed E-state index contributed by atoms with van der Waals surface area (Å²) >= 11 is 2.05. The van der Waals surface area contributed by atoms with Crippen LogP contribution in [0.5, 0.6) is 0 Å². The predicted molar refractivity (Wildman–Crippen MR) is 65.9 cm³/mol. The van der Waals surface area contributed by atoms with E-state index in [4.69, 9.17) is 5.73 Å². The first-order valence-electron chi connectivity index (χ1n) is 5.71. The minimum Gasteiger partial charge on any atom is -0.382 e. The van der Waals surface area contributed by atoms with Crippen molar-refractivity contribution in [1.82, 2.24) is 9.78 Å². The Morgan fingerprint density at radius 3 is 2.93 bits per heavy atom. The summed E-state index contributed by atoms with van der Waals surface area (Å²) in [7, 11) is 0. The van der Waals surface area contributed by atoms with Crippen LogP contribution in [0.25, 0.3) is 0 Å². The molecule has 0 bridgehead atoms. The highest BCUT2D eigenvalue weighted by Crippen LogP contribution is 2.27. The van der Waals surface area contributed by atoms with Gasteiger partial charge in [0, 0.05) is 11.9 Å². The van der Waals surface area contributed by atoms with Gasteiger partial charge in [-0.05, 0) is 30.6 Å². The zero-order chi connectivity index (χ0) is 10.5. The molecule has 2 N–H and O–H groups in total. The van der Waals surface area contributed by atoms with E-state index in [9.17, 15) is 0 Å². The number of nitrogens with two attached hydrogens (primary N) is 1. The molecule has 1 aromatic rings. The van der Waals surface area contributed by atoms with Gasteiger partial charge in [0.25, 0.3) is 0 Å². The maximum absolute atomic E-state index is 5.54. The van der Waals surface area contributed by atoms with E-state index in [1.807, 2.05) is 16.9 Å². The lowest BCUT2D eigenvalue weighted by atomic mass is 10.1. The topological polar surface area (TPSA) is 43.8 Å². The molecule has 0 unspecified atom stereocenters. The van der Waals surface area contributed by atoms with E-state index < -0.39 is 0 Å². The first-order valence-corrected chi connectivity index (χ1v) is 6.87.